The van der Waals surface area contributed by atoms with Gasteiger partial charge in [0.05, 0.1) is 18.6 Å². The summed E-state index contributed by atoms with van der Waals surface area (Å²) in [4.78, 5) is 11.4. The van der Waals surface area contributed by atoms with Crippen molar-refractivity contribution in [2.75, 3.05) is 6.61 Å². The van der Waals surface area contributed by atoms with Crippen molar-refractivity contribution < 1.29 is 27.4 Å². The molecule has 4 nitrogen and oxygen atoms in total. The van der Waals surface area contributed by atoms with Gasteiger partial charge in [-0.2, -0.15) is 5.26 Å². The van der Waals surface area contributed by atoms with Crippen molar-refractivity contribution in [3.05, 3.63) is 28.8 Å². The Hall–Kier alpha value is -1.75. The van der Waals surface area contributed by atoms with Crippen LogP contribution < -0.4 is 4.74 Å². The Morgan fingerprint density at radius 2 is 2.10 bits per heavy atom. The van der Waals surface area contributed by atoms with Crippen LogP contribution in [-0.2, 0) is 21.3 Å². The van der Waals surface area contributed by atoms with E-state index in [-0.39, 0.29) is 29.5 Å². The number of carbonyl (C=O) groups excluding carboxylic acids is 1. The number of alkyl halides is 4. The lowest BCUT2D eigenvalue weighted by Gasteiger charge is -2.14. The van der Waals surface area contributed by atoms with Gasteiger partial charge in [-0.15, -0.1) is 13.2 Å². The summed E-state index contributed by atoms with van der Waals surface area (Å²) in [5, 5.41) is 9.13. The molecule has 0 aliphatic rings. The largest absolute Gasteiger partial charge is 0.573 e. The zero-order valence-electron chi connectivity index (χ0n) is 11.0. The Morgan fingerprint density at radius 1 is 1.43 bits per heavy atom. The Bertz CT molecular complexity index is 567. The molecule has 0 N–H and O–H groups in total. The number of hydrogen-bond donors (Lipinski definition) is 0. The van der Waals surface area contributed by atoms with Crippen LogP contribution in [0.5, 0.6) is 5.75 Å². The van der Waals surface area contributed by atoms with E-state index in [0.717, 1.165) is 6.07 Å². The Morgan fingerprint density at radius 3 is 2.57 bits per heavy atom. The number of esters is 1. The number of ether oxygens (including phenoxy) is 2. The maximum absolute atomic E-state index is 12.4. The molecule has 114 valence electrons. The van der Waals surface area contributed by atoms with E-state index in [2.05, 4.69) is 20.7 Å². The molecule has 0 aromatic heterocycles. The lowest BCUT2D eigenvalue weighted by atomic mass is 10.0. The minimum absolute atomic E-state index is 0.154. The number of nitriles is 1. The van der Waals surface area contributed by atoms with Gasteiger partial charge in [-0.05, 0) is 24.1 Å². The molecule has 0 aliphatic carbocycles. The highest BCUT2D eigenvalue weighted by molar-refractivity contribution is 9.08. The van der Waals surface area contributed by atoms with Gasteiger partial charge in [0.15, 0.2) is 0 Å². The standard InChI is InChI=1S/C13H11BrF3NO3/c1-2-20-12(19)5-8-3-9(6-14)10(7-18)11(4-8)21-13(15,16)17/h3-4H,2,5-6H2,1H3. The monoisotopic (exact) mass is 365 g/mol. The van der Waals surface area contributed by atoms with E-state index >= 15 is 0 Å². The summed E-state index contributed by atoms with van der Waals surface area (Å²) in [5.41, 5.74) is 0.358. The van der Waals surface area contributed by atoms with E-state index < -0.39 is 18.1 Å². The molecular weight excluding hydrogens is 355 g/mol. The van der Waals surface area contributed by atoms with Crippen LogP contribution in [0.15, 0.2) is 12.1 Å². The molecule has 0 atom stereocenters. The molecule has 1 rings (SSSR count). The summed E-state index contributed by atoms with van der Waals surface area (Å²) in [6.07, 6.45) is -5.12. The fraction of sp³-hybridized carbons (Fsp3) is 0.385. The Labute approximate surface area is 127 Å². The zero-order chi connectivity index (χ0) is 16.0. The van der Waals surface area contributed by atoms with Gasteiger partial charge in [-0.3, -0.25) is 4.79 Å². The molecule has 0 bridgehead atoms. The summed E-state index contributed by atoms with van der Waals surface area (Å²) in [5.74, 6) is -1.19. The Kier molecular flexibility index (Phi) is 6.03. The molecule has 0 aliphatic heterocycles. The predicted molar refractivity (Wildman–Crippen MR) is 70.8 cm³/mol. The fourth-order valence-electron chi connectivity index (χ4n) is 1.65. The van der Waals surface area contributed by atoms with Gasteiger partial charge in [0.2, 0.25) is 0 Å². The minimum atomic E-state index is -4.92. The summed E-state index contributed by atoms with van der Waals surface area (Å²) in [6, 6.07) is 4.16. The first kappa shape index (κ1) is 17.3. The molecule has 1 aromatic rings. The highest BCUT2D eigenvalue weighted by Crippen LogP contribution is 2.31. The molecule has 0 heterocycles. The lowest BCUT2D eigenvalue weighted by Crippen LogP contribution is -2.18. The smallest absolute Gasteiger partial charge is 0.466 e. The second-order valence-corrected chi connectivity index (χ2v) is 4.46. The Balaban J connectivity index is 3.21. The van der Waals surface area contributed by atoms with Crippen molar-refractivity contribution in [2.45, 2.75) is 25.0 Å². The number of nitrogens with zero attached hydrogens (tertiary/aromatic N) is 1. The maximum Gasteiger partial charge on any atom is 0.573 e. The maximum atomic E-state index is 12.4. The van der Waals surface area contributed by atoms with Gasteiger partial charge < -0.3 is 9.47 Å². The summed E-state index contributed by atoms with van der Waals surface area (Å²) in [7, 11) is 0. The minimum Gasteiger partial charge on any atom is -0.466 e. The van der Waals surface area contributed by atoms with Gasteiger partial charge in [0.1, 0.15) is 11.8 Å². The van der Waals surface area contributed by atoms with Gasteiger partial charge in [0, 0.05) is 5.33 Å². The number of carbonyl (C=O) groups is 1. The number of rotatable bonds is 5. The van der Waals surface area contributed by atoms with Crippen molar-refractivity contribution in [1.82, 2.24) is 0 Å². The van der Waals surface area contributed by atoms with Gasteiger partial charge in [0.25, 0.3) is 0 Å². The highest BCUT2D eigenvalue weighted by Gasteiger charge is 2.33. The fourth-order valence-corrected chi connectivity index (χ4v) is 2.10. The first-order chi connectivity index (χ1) is 9.80. The average Bonchev–Trinajstić information content (AvgIpc) is 2.36. The molecule has 0 unspecified atom stereocenters. The quantitative estimate of drug-likeness (QED) is 0.592. The van der Waals surface area contributed by atoms with Gasteiger partial charge >= 0.3 is 12.3 Å². The lowest BCUT2D eigenvalue weighted by molar-refractivity contribution is -0.274. The van der Waals surface area contributed by atoms with E-state index in [4.69, 9.17) is 10.00 Å². The number of hydrogen-bond acceptors (Lipinski definition) is 4. The van der Waals surface area contributed by atoms with Crippen LogP contribution in [0.1, 0.15) is 23.6 Å². The van der Waals surface area contributed by atoms with Crippen LogP contribution in [0.25, 0.3) is 0 Å². The molecule has 0 saturated heterocycles. The predicted octanol–water partition coefficient (Wildman–Crippen LogP) is 3.46. The van der Waals surface area contributed by atoms with Gasteiger partial charge in [-0.25, -0.2) is 0 Å². The molecule has 1 aromatic carbocycles. The van der Waals surface area contributed by atoms with Gasteiger partial charge in [-0.1, -0.05) is 22.0 Å². The summed E-state index contributed by atoms with van der Waals surface area (Å²) in [6.45, 7) is 1.80. The first-order valence-corrected chi connectivity index (χ1v) is 6.96. The topological polar surface area (TPSA) is 59.3 Å². The van der Waals surface area contributed by atoms with E-state index in [1.807, 2.05) is 0 Å². The van der Waals surface area contributed by atoms with Crippen LogP contribution in [0.2, 0.25) is 0 Å². The number of benzene rings is 1. The molecule has 0 saturated carbocycles. The molecule has 8 heteroatoms. The summed E-state index contributed by atoms with van der Waals surface area (Å²) >= 11 is 3.09. The molecule has 0 amide bonds. The van der Waals surface area contributed by atoms with Crippen LogP contribution in [-0.4, -0.2) is 18.9 Å². The van der Waals surface area contributed by atoms with Crippen molar-refractivity contribution in [1.29, 1.82) is 5.26 Å². The van der Waals surface area contributed by atoms with Crippen molar-refractivity contribution in [2.24, 2.45) is 0 Å². The zero-order valence-corrected chi connectivity index (χ0v) is 12.5. The van der Waals surface area contributed by atoms with E-state index in [9.17, 15) is 18.0 Å². The third-order valence-corrected chi connectivity index (χ3v) is 2.98. The van der Waals surface area contributed by atoms with Crippen LogP contribution in [0, 0.1) is 11.3 Å². The van der Waals surface area contributed by atoms with E-state index in [1.54, 1.807) is 13.0 Å². The van der Waals surface area contributed by atoms with Crippen molar-refractivity contribution >= 4 is 21.9 Å². The van der Waals surface area contributed by atoms with Crippen LogP contribution in [0.4, 0.5) is 13.2 Å². The third kappa shape index (κ3) is 5.27. The first-order valence-electron chi connectivity index (χ1n) is 5.84. The average molecular weight is 366 g/mol. The second kappa shape index (κ2) is 7.31. The molecular formula is C13H11BrF3NO3. The SMILES string of the molecule is CCOC(=O)Cc1cc(CBr)c(C#N)c(OC(F)(F)F)c1. The van der Waals surface area contributed by atoms with Crippen molar-refractivity contribution in [3.8, 4) is 11.8 Å². The van der Waals surface area contributed by atoms with Crippen molar-refractivity contribution in [3.63, 3.8) is 0 Å². The highest BCUT2D eigenvalue weighted by atomic mass is 79.9. The third-order valence-electron chi connectivity index (χ3n) is 2.38. The van der Waals surface area contributed by atoms with Crippen LogP contribution in [0.3, 0.4) is 0 Å². The van der Waals surface area contributed by atoms with Crippen LogP contribution >= 0.6 is 15.9 Å². The molecule has 0 spiro atoms. The normalized spacial score (nSPS) is 10.9. The summed E-state index contributed by atoms with van der Waals surface area (Å²) < 4.78 is 45.7. The van der Waals surface area contributed by atoms with E-state index in [1.165, 1.54) is 6.07 Å². The second-order valence-electron chi connectivity index (χ2n) is 3.90. The number of halogens is 4. The van der Waals surface area contributed by atoms with E-state index in [0.29, 0.717) is 5.56 Å². The molecule has 0 radical (unpaired) electrons. The molecule has 0 fully saturated rings. The molecule has 21 heavy (non-hydrogen) atoms.